The summed E-state index contributed by atoms with van der Waals surface area (Å²) in [4.78, 5) is 18.4. The number of ether oxygens (including phenoxy) is 1. The van der Waals surface area contributed by atoms with E-state index in [1.807, 2.05) is 49.4 Å². The Balaban J connectivity index is 1.37. The Kier molecular flexibility index (Phi) is 8.89. The average molecular weight is 541 g/mol. The number of fused-ring (bicyclic) bond motifs is 1. The number of aliphatic carboxylic acids is 1. The fraction of sp³-hybridized carbons (Fsp3) is 0.407. The van der Waals surface area contributed by atoms with Crippen molar-refractivity contribution in [2.24, 2.45) is 5.16 Å². The van der Waals surface area contributed by atoms with E-state index in [1.165, 1.54) is 11.4 Å². The first kappa shape index (κ1) is 27.4. The lowest BCUT2D eigenvalue weighted by atomic mass is 10.0. The molecule has 4 rings (SSSR count). The Labute approximate surface area is 223 Å². The second-order valence-electron chi connectivity index (χ2n) is 9.02. The summed E-state index contributed by atoms with van der Waals surface area (Å²) in [5.74, 6) is 5.98. The zero-order valence-electron chi connectivity index (χ0n) is 21.5. The summed E-state index contributed by atoms with van der Waals surface area (Å²) in [6.07, 6.45) is 1.49. The molecule has 0 spiro atoms. The smallest absolute Gasteiger partial charge is 0.321 e. The number of hydrogen-bond donors (Lipinski definition) is 2. The Morgan fingerprint density at radius 1 is 1.13 bits per heavy atom. The molecule has 2 aromatic rings. The maximum atomic E-state index is 12.7. The van der Waals surface area contributed by atoms with Crippen LogP contribution in [0.15, 0.2) is 47.6 Å². The first-order chi connectivity index (χ1) is 18.3. The van der Waals surface area contributed by atoms with Gasteiger partial charge in [0.25, 0.3) is 10.2 Å². The molecule has 0 amide bonds. The summed E-state index contributed by atoms with van der Waals surface area (Å²) in [6.45, 7) is 3.92. The minimum Gasteiger partial charge on any atom is -0.492 e. The molecular weight excluding hydrogens is 508 g/mol. The van der Waals surface area contributed by atoms with Gasteiger partial charge in [0.1, 0.15) is 18.9 Å². The summed E-state index contributed by atoms with van der Waals surface area (Å²) in [5, 5.41) is 13.4. The predicted octanol–water partition coefficient (Wildman–Crippen LogP) is 2.43. The molecule has 38 heavy (non-hydrogen) atoms. The van der Waals surface area contributed by atoms with Crippen LogP contribution in [0, 0.1) is 11.8 Å². The number of anilines is 1. The summed E-state index contributed by atoms with van der Waals surface area (Å²) >= 11 is 0. The van der Waals surface area contributed by atoms with Crippen LogP contribution in [0.1, 0.15) is 42.9 Å². The molecule has 1 fully saturated rings. The predicted molar refractivity (Wildman–Crippen MR) is 145 cm³/mol. The number of rotatable bonds is 8. The number of hydrogen-bond acceptors (Lipinski definition) is 7. The number of carbonyl (C=O) groups is 1. The molecular formula is C27H32N4O6S. The molecule has 202 valence electrons. The maximum absolute atomic E-state index is 12.7. The van der Waals surface area contributed by atoms with Crippen molar-refractivity contribution < 1.29 is 27.9 Å². The van der Waals surface area contributed by atoms with E-state index in [2.05, 4.69) is 26.6 Å². The quantitative estimate of drug-likeness (QED) is 0.390. The number of nitrogens with zero attached hydrogens (tertiary/aromatic N) is 3. The third-order valence-electron chi connectivity index (χ3n) is 6.42. The van der Waals surface area contributed by atoms with Crippen molar-refractivity contribution in [3.63, 3.8) is 0 Å². The SMILES string of the molecule is CCC[C@H](NS(=O)(=O)N1CCN(c2ccc(C#Cc3ccc4c(c3)C(=NOC)CCO4)cc2)CC1)C(=O)O. The van der Waals surface area contributed by atoms with E-state index >= 15 is 0 Å². The molecule has 2 heterocycles. The van der Waals surface area contributed by atoms with Crippen LogP contribution in [0.25, 0.3) is 0 Å². The third-order valence-corrected chi connectivity index (χ3v) is 8.04. The van der Waals surface area contributed by atoms with Crippen LogP contribution in [-0.2, 0) is 19.8 Å². The lowest BCUT2D eigenvalue weighted by Crippen LogP contribution is -2.54. The highest BCUT2D eigenvalue weighted by molar-refractivity contribution is 7.87. The van der Waals surface area contributed by atoms with Gasteiger partial charge in [0.2, 0.25) is 0 Å². The van der Waals surface area contributed by atoms with Gasteiger partial charge < -0.3 is 19.6 Å². The van der Waals surface area contributed by atoms with Crippen molar-refractivity contribution in [3.05, 3.63) is 59.2 Å². The van der Waals surface area contributed by atoms with Gasteiger partial charge >= 0.3 is 5.97 Å². The van der Waals surface area contributed by atoms with E-state index in [-0.39, 0.29) is 19.5 Å². The second kappa shape index (κ2) is 12.3. The number of benzene rings is 2. The van der Waals surface area contributed by atoms with Crippen LogP contribution in [0.4, 0.5) is 5.69 Å². The van der Waals surface area contributed by atoms with Crippen molar-refractivity contribution in [3.8, 4) is 17.6 Å². The zero-order valence-corrected chi connectivity index (χ0v) is 22.3. The van der Waals surface area contributed by atoms with E-state index in [1.54, 1.807) is 0 Å². The molecule has 2 aliphatic rings. The molecule has 2 aliphatic heterocycles. The van der Waals surface area contributed by atoms with Gasteiger partial charge in [-0.25, -0.2) is 0 Å². The molecule has 0 bridgehead atoms. The summed E-state index contributed by atoms with van der Waals surface area (Å²) in [6, 6.07) is 12.5. The number of oxime groups is 1. The summed E-state index contributed by atoms with van der Waals surface area (Å²) in [5.41, 5.74) is 4.40. The van der Waals surface area contributed by atoms with Gasteiger partial charge in [-0.3, -0.25) is 4.79 Å². The van der Waals surface area contributed by atoms with Crippen LogP contribution >= 0.6 is 0 Å². The van der Waals surface area contributed by atoms with Gasteiger partial charge in [-0.2, -0.15) is 17.4 Å². The average Bonchev–Trinajstić information content (AvgIpc) is 2.92. The van der Waals surface area contributed by atoms with E-state index in [4.69, 9.17) is 9.57 Å². The molecule has 0 radical (unpaired) electrons. The molecule has 0 aliphatic carbocycles. The first-order valence-electron chi connectivity index (χ1n) is 12.5. The Morgan fingerprint density at radius 2 is 1.82 bits per heavy atom. The van der Waals surface area contributed by atoms with Crippen LogP contribution in [-0.4, -0.2) is 75.4 Å². The maximum Gasteiger partial charge on any atom is 0.321 e. The highest BCUT2D eigenvalue weighted by atomic mass is 32.2. The molecule has 0 aromatic heterocycles. The van der Waals surface area contributed by atoms with Crippen LogP contribution < -0.4 is 14.4 Å². The molecule has 11 heteroatoms. The van der Waals surface area contributed by atoms with E-state index in [0.29, 0.717) is 32.5 Å². The van der Waals surface area contributed by atoms with Crippen molar-refractivity contribution in [1.29, 1.82) is 0 Å². The van der Waals surface area contributed by atoms with E-state index in [9.17, 15) is 18.3 Å². The van der Waals surface area contributed by atoms with Crippen molar-refractivity contribution in [2.75, 3.05) is 44.8 Å². The number of nitrogens with one attached hydrogen (secondary N) is 1. The van der Waals surface area contributed by atoms with Gasteiger partial charge in [-0.1, -0.05) is 30.3 Å². The third kappa shape index (κ3) is 6.64. The van der Waals surface area contributed by atoms with Gasteiger partial charge in [0.15, 0.2) is 0 Å². The summed E-state index contributed by atoms with van der Waals surface area (Å²) < 4.78 is 34.7. The van der Waals surface area contributed by atoms with E-state index < -0.39 is 22.2 Å². The minimum atomic E-state index is -3.87. The Morgan fingerprint density at radius 3 is 2.47 bits per heavy atom. The number of piperazine rings is 1. The second-order valence-corrected chi connectivity index (χ2v) is 10.7. The van der Waals surface area contributed by atoms with Crippen LogP contribution in [0.3, 0.4) is 0 Å². The molecule has 1 atom stereocenters. The molecule has 1 saturated heterocycles. The molecule has 0 saturated carbocycles. The molecule has 2 N–H and O–H groups in total. The zero-order chi connectivity index (χ0) is 27.1. The monoisotopic (exact) mass is 540 g/mol. The number of carboxylic acids is 1. The van der Waals surface area contributed by atoms with Gasteiger partial charge in [0, 0.05) is 55.0 Å². The largest absolute Gasteiger partial charge is 0.492 e. The first-order valence-corrected chi connectivity index (χ1v) is 14.0. The van der Waals surface area contributed by atoms with Crippen molar-refractivity contribution >= 4 is 27.6 Å². The van der Waals surface area contributed by atoms with Gasteiger partial charge in [-0.05, 0) is 48.9 Å². The lowest BCUT2D eigenvalue weighted by molar-refractivity contribution is -0.139. The minimum absolute atomic E-state index is 0.244. The van der Waals surface area contributed by atoms with Crippen LogP contribution in [0.2, 0.25) is 0 Å². The van der Waals surface area contributed by atoms with Crippen LogP contribution in [0.5, 0.6) is 5.75 Å². The van der Waals surface area contributed by atoms with Gasteiger partial charge in [0.05, 0.1) is 12.3 Å². The Bertz CT molecular complexity index is 1340. The molecule has 10 nitrogen and oxygen atoms in total. The fourth-order valence-corrected chi connectivity index (χ4v) is 5.79. The summed E-state index contributed by atoms with van der Waals surface area (Å²) in [7, 11) is -2.35. The highest BCUT2D eigenvalue weighted by Crippen LogP contribution is 2.26. The normalized spacial score (nSPS) is 17.6. The van der Waals surface area contributed by atoms with E-state index in [0.717, 1.165) is 33.8 Å². The van der Waals surface area contributed by atoms with Crippen molar-refractivity contribution in [1.82, 2.24) is 9.03 Å². The Hall–Kier alpha value is -3.59. The van der Waals surface area contributed by atoms with Gasteiger partial charge in [-0.15, -0.1) is 0 Å². The highest BCUT2D eigenvalue weighted by Gasteiger charge is 2.31. The number of carboxylic acid groups (broad SMARTS) is 1. The topological polar surface area (TPSA) is 121 Å². The standard InChI is InChI=1S/C27H32N4O6S/c1-3-4-25(27(32)33)29-38(34,35)31-16-14-30(15-17-31)22-10-7-20(8-11-22)5-6-21-9-12-26-23(19-21)24(28-36-2)13-18-37-26/h7-12,19,25,29H,3-4,13-18H2,1-2H3,(H,32,33)/t25-/m0/s1. The lowest BCUT2D eigenvalue weighted by Gasteiger charge is -2.35. The molecule has 0 unspecified atom stereocenters. The van der Waals surface area contributed by atoms with Crippen molar-refractivity contribution in [2.45, 2.75) is 32.2 Å². The fourth-order valence-electron chi connectivity index (χ4n) is 4.42. The molecule has 2 aromatic carbocycles.